The Balaban J connectivity index is 1.92. The van der Waals surface area contributed by atoms with Gasteiger partial charge in [0.2, 0.25) is 0 Å². The van der Waals surface area contributed by atoms with Crippen molar-refractivity contribution < 1.29 is 19.4 Å². The predicted octanol–water partition coefficient (Wildman–Crippen LogP) is 1.42. The van der Waals surface area contributed by atoms with Crippen LogP contribution in [0.4, 0.5) is 0 Å². The first-order chi connectivity index (χ1) is 7.25. The lowest BCUT2D eigenvalue weighted by Gasteiger charge is -2.10. The molecule has 15 heavy (non-hydrogen) atoms. The summed E-state index contributed by atoms with van der Waals surface area (Å²) in [6, 6.07) is 2.04. The molecule has 2 rings (SSSR count). The zero-order valence-corrected chi connectivity index (χ0v) is 9.01. The van der Waals surface area contributed by atoms with Gasteiger partial charge in [0.15, 0.2) is 0 Å². The number of carboxylic acids is 1. The summed E-state index contributed by atoms with van der Waals surface area (Å²) < 4.78 is 10.4. The highest BCUT2D eigenvalue weighted by molar-refractivity contribution is 7.12. The van der Waals surface area contributed by atoms with Gasteiger partial charge in [-0.2, -0.15) is 0 Å². The molecule has 0 aromatic carbocycles. The van der Waals surface area contributed by atoms with E-state index < -0.39 is 5.97 Å². The van der Waals surface area contributed by atoms with Crippen molar-refractivity contribution in [1.29, 1.82) is 0 Å². The van der Waals surface area contributed by atoms with Gasteiger partial charge in [0, 0.05) is 16.2 Å². The zero-order chi connectivity index (χ0) is 10.7. The topological polar surface area (TPSA) is 55.8 Å². The molecular formula is C10H12O4S. The summed E-state index contributed by atoms with van der Waals surface area (Å²) in [5.41, 5.74) is 1.22. The molecule has 5 heteroatoms. The fourth-order valence-corrected chi connectivity index (χ4v) is 2.61. The highest BCUT2D eigenvalue weighted by Gasteiger charge is 2.13. The van der Waals surface area contributed by atoms with Gasteiger partial charge in [0.25, 0.3) is 0 Å². The van der Waals surface area contributed by atoms with E-state index in [2.05, 4.69) is 0 Å². The summed E-state index contributed by atoms with van der Waals surface area (Å²) in [4.78, 5) is 12.7. The number of aliphatic carboxylic acids is 1. The predicted molar refractivity (Wildman–Crippen MR) is 55.0 cm³/mol. The number of hydrogen-bond acceptors (Lipinski definition) is 4. The summed E-state index contributed by atoms with van der Waals surface area (Å²) >= 11 is 1.69. The van der Waals surface area contributed by atoms with E-state index in [1.807, 2.05) is 6.07 Å². The third-order valence-electron chi connectivity index (χ3n) is 2.15. The number of thiophene rings is 1. The Kier molecular flexibility index (Phi) is 3.35. The van der Waals surface area contributed by atoms with Crippen LogP contribution in [0, 0.1) is 0 Å². The molecule has 1 N–H and O–H groups in total. The molecule has 0 aliphatic carbocycles. The quantitative estimate of drug-likeness (QED) is 0.846. The standard InChI is InChI=1S/C10H12O4S/c11-10(12)6-14-5-8-3-7-4-13-2-1-9(7)15-8/h3H,1-2,4-6H2,(H,11,12). The summed E-state index contributed by atoms with van der Waals surface area (Å²) in [6.07, 6.45) is 0.957. The molecule has 0 amide bonds. The Morgan fingerprint density at radius 3 is 3.27 bits per heavy atom. The number of fused-ring (bicyclic) bond motifs is 1. The van der Waals surface area contributed by atoms with Crippen LogP contribution in [0.3, 0.4) is 0 Å². The minimum atomic E-state index is -0.931. The second kappa shape index (κ2) is 4.74. The molecule has 0 radical (unpaired) electrons. The number of rotatable bonds is 4. The fraction of sp³-hybridized carbons (Fsp3) is 0.500. The third-order valence-corrected chi connectivity index (χ3v) is 3.36. The first-order valence-electron chi connectivity index (χ1n) is 4.73. The second-order valence-electron chi connectivity index (χ2n) is 3.35. The first-order valence-corrected chi connectivity index (χ1v) is 5.55. The van der Waals surface area contributed by atoms with Crippen molar-refractivity contribution >= 4 is 17.3 Å². The van der Waals surface area contributed by atoms with Crippen LogP contribution >= 0.6 is 11.3 Å². The number of carboxylic acid groups (broad SMARTS) is 1. The van der Waals surface area contributed by atoms with Gasteiger partial charge in [-0.05, 0) is 11.6 Å². The highest BCUT2D eigenvalue weighted by atomic mass is 32.1. The molecule has 0 fully saturated rings. The van der Waals surface area contributed by atoms with E-state index in [9.17, 15) is 4.79 Å². The number of hydrogen-bond donors (Lipinski definition) is 1. The number of ether oxygens (including phenoxy) is 2. The van der Waals surface area contributed by atoms with Crippen LogP contribution in [0.1, 0.15) is 15.3 Å². The largest absolute Gasteiger partial charge is 0.480 e. The minimum Gasteiger partial charge on any atom is -0.480 e. The minimum absolute atomic E-state index is 0.237. The molecule has 4 nitrogen and oxygen atoms in total. The van der Waals surface area contributed by atoms with Gasteiger partial charge >= 0.3 is 5.97 Å². The Morgan fingerprint density at radius 2 is 2.53 bits per heavy atom. The monoisotopic (exact) mass is 228 g/mol. The number of carbonyl (C=O) groups is 1. The zero-order valence-electron chi connectivity index (χ0n) is 8.19. The van der Waals surface area contributed by atoms with Gasteiger partial charge in [-0.3, -0.25) is 0 Å². The maximum Gasteiger partial charge on any atom is 0.329 e. The van der Waals surface area contributed by atoms with E-state index in [-0.39, 0.29) is 6.61 Å². The Hall–Kier alpha value is -0.910. The van der Waals surface area contributed by atoms with E-state index >= 15 is 0 Å². The van der Waals surface area contributed by atoms with Gasteiger partial charge in [-0.25, -0.2) is 4.79 Å². The first kappa shape index (κ1) is 10.6. The van der Waals surface area contributed by atoms with Gasteiger partial charge in [-0.1, -0.05) is 0 Å². The van der Waals surface area contributed by atoms with Crippen LogP contribution in [0.5, 0.6) is 0 Å². The summed E-state index contributed by atoms with van der Waals surface area (Å²) in [7, 11) is 0. The van der Waals surface area contributed by atoms with Crippen LogP contribution < -0.4 is 0 Å². The molecule has 1 aliphatic heterocycles. The molecule has 0 unspecified atom stereocenters. The van der Waals surface area contributed by atoms with Crippen molar-refractivity contribution in [2.45, 2.75) is 19.6 Å². The van der Waals surface area contributed by atoms with Crippen LogP contribution in [-0.4, -0.2) is 24.3 Å². The van der Waals surface area contributed by atoms with E-state index in [4.69, 9.17) is 14.6 Å². The molecule has 82 valence electrons. The maximum absolute atomic E-state index is 10.2. The molecule has 1 aromatic heterocycles. The summed E-state index contributed by atoms with van der Waals surface area (Å²) in [6.45, 7) is 1.59. The van der Waals surface area contributed by atoms with Crippen molar-refractivity contribution in [3.8, 4) is 0 Å². The normalized spacial score (nSPS) is 14.9. The molecule has 0 saturated carbocycles. The van der Waals surface area contributed by atoms with Crippen molar-refractivity contribution in [2.24, 2.45) is 0 Å². The lowest BCUT2D eigenvalue weighted by Crippen LogP contribution is -2.06. The van der Waals surface area contributed by atoms with Crippen LogP contribution in [0.25, 0.3) is 0 Å². The van der Waals surface area contributed by atoms with E-state index in [1.165, 1.54) is 10.4 Å². The molecule has 0 bridgehead atoms. The van der Waals surface area contributed by atoms with Gasteiger partial charge in [-0.15, -0.1) is 11.3 Å². The Labute approximate surface area is 91.4 Å². The van der Waals surface area contributed by atoms with E-state index in [1.54, 1.807) is 11.3 Å². The molecule has 1 aromatic rings. The molecule has 0 atom stereocenters. The Morgan fingerprint density at radius 1 is 1.67 bits per heavy atom. The summed E-state index contributed by atoms with van der Waals surface area (Å²) in [5, 5.41) is 8.41. The fourth-order valence-electron chi connectivity index (χ4n) is 1.52. The van der Waals surface area contributed by atoms with Gasteiger partial charge in [0.1, 0.15) is 6.61 Å². The van der Waals surface area contributed by atoms with Gasteiger partial charge < -0.3 is 14.6 Å². The third kappa shape index (κ3) is 2.77. The smallest absolute Gasteiger partial charge is 0.329 e. The van der Waals surface area contributed by atoms with Crippen LogP contribution in [0.2, 0.25) is 0 Å². The molecule has 0 saturated heterocycles. The van der Waals surface area contributed by atoms with Crippen molar-refractivity contribution in [3.63, 3.8) is 0 Å². The van der Waals surface area contributed by atoms with Crippen molar-refractivity contribution in [2.75, 3.05) is 13.2 Å². The lowest BCUT2D eigenvalue weighted by molar-refractivity contribution is -0.142. The average Bonchev–Trinajstić information content (AvgIpc) is 2.59. The van der Waals surface area contributed by atoms with E-state index in [0.29, 0.717) is 13.2 Å². The van der Waals surface area contributed by atoms with E-state index in [0.717, 1.165) is 17.9 Å². The molecular weight excluding hydrogens is 216 g/mol. The van der Waals surface area contributed by atoms with Crippen molar-refractivity contribution in [1.82, 2.24) is 0 Å². The van der Waals surface area contributed by atoms with Crippen LogP contribution in [-0.2, 0) is 33.9 Å². The second-order valence-corrected chi connectivity index (χ2v) is 4.57. The molecule has 0 spiro atoms. The summed E-state index contributed by atoms with van der Waals surface area (Å²) in [5.74, 6) is -0.931. The lowest BCUT2D eigenvalue weighted by atomic mass is 10.2. The SMILES string of the molecule is O=C(O)COCc1cc2c(s1)CCOC2. The highest BCUT2D eigenvalue weighted by Crippen LogP contribution is 2.27. The van der Waals surface area contributed by atoms with Gasteiger partial charge in [0.05, 0.1) is 19.8 Å². The average molecular weight is 228 g/mol. The molecule has 2 heterocycles. The molecule has 1 aliphatic rings. The van der Waals surface area contributed by atoms with Crippen LogP contribution in [0.15, 0.2) is 6.07 Å². The van der Waals surface area contributed by atoms with Crippen molar-refractivity contribution in [3.05, 3.63) is 21.4 Å². The maximum atomic E-state index is 10.2. The Bertz CT molecular complexity index is 335.